The van der Waals surface area contributed by atoms with Crippen LogP contribution in [0.15, 0.2) is 54.6 Å². The third-order valence-corrected chi connectivity index (χ3v) is 4.93. The Kier molecular flexibility index (Phi) is 5.04. The lowest BCUT2D eigenvalue weighted by atomic mass is 9.70. The summed E-state index contributed by atoms with van der Waals surface area (Å²) >= 11 is 0. The molecular weight excluding hydrogens is 350 g/mol. The zero-order chi connectivity index (χ0) is 20.5. The van der Waals surface area contributed by atoms with E-state index in [1.54, 1.807) is 33.8 Å². The van der Waals surface area contributed by atoms with Crippen molar-refractivity contribution in [2.75, 3.05) is 4.90 Å². The van der Waals surface area contributed by atoms with E-state index in [1.165, 1.54) is 0 Å². The van der Waals surface area contributed by atoms with Crippen molar-refractivity contribution in [2.45, 2.75) is 51.6 Å². The SMILES string of the molecule is CC#C[C@H](c1ccccc1)[C@@]1(C)C(=O)N(C(=O)OC(C)(C)C)c2ccccc21. The van der Waals surface area contributed by atoms with Crippen LogP contribution in [0, 0.1) is 11.8 Å². The van der Waals surface area contributed by atoms with Gasteiger partial charge in [0.15, 0.2) is 0 Å². The normalized spacial score (nSPS) is 19.5. The number of rotatable bonds is 2. The van der Waals surface area contributed by atoms with Crippen LogP contribution in [0.3, 0.4) is 0 Å². The molecule has 2 aromatic rings. The summed E-state index contributed by atoms with van der Waals surface area (Å²) in [4.78, 5) is 27.7. The molecular formula is C24H25NO3. The Bertz CT molecular complexity index is 963. The second-order valence-electron chi connectivity index (χ2n) is 8.08. The van der Waals surface area contributed by atoms with Gasteiger partial charge in [0, 0.05) is 0 Å². The molecule has 0 radical (unpaired) electrons. The number of ether oxygens (including phenoxy) is 1. The molecule has 0 saturated carbocycles. The van der Waals surface area contributed by atoms with E-state index in [2.05, 4.69) is 11.8 Å². The van der Waals surface area contributed by atoms with Crippen LogP contribution in [0.25, 0.3) is 0 Å². The van der Waals surface area contributed by atoms with Gasteiger partial charge < -0.3 is 4.74 Å². The molecule has 0 saturated heterocycles. The Balaban J connectivity index is 2.16. The van der Waals surface area contributed by atoms with E-state index in [9.17, 15) is 9.59 Å². The van der Waals surface area contributed by atoms with E-state index in [4.69, 9.17) is 4.74 Å². The van der Waals surface area contributed by atoms with E-state index in [0.717, 1.165) is 16.0 Å². The van der Waals surface area contributed by atoms with E-state index in [-0.39, 0.29) is 11.8 Å². The number of carbonyl (C=O) groups excluding carboxylic acids is 2. The zero-order valence-electron chi connectivity index (χ0n) is 16.9. The van der Waals surface area contributed by atoms with Crippen molar-refractivity contribution in [3.63, 3.8) is 0 Å². The van der Waals surface area contributed by atoms with Crippen LogP contribution in [0.5, 0.6) is 0 Å². The number of amides is 2. The van der Waals surface area contributed by atoms with Crippen molar-refractivity contribution in [2.24, 2.45) is 0 Å². The molecule has 0 aliphatic carbocycles. The number of fused-ring (bicyclic) bond motifs is 1. The third kappa shape index (κ3) is 3.29. The maximum atomic E-state index is 13.7. The van der Waals surface area contributed by atoms with Crippen molar-refractivity contribution >= 4 is 17.7 Å². The highest BCUT2D eigenvalue weighted by Gasteiger charge is 2.55. The molecule has 1 aliphatic rings. The number of carbonyl (C=O) groups is 2. The predicted octanol–water partition coefficient (Wildman–Crippen LogP) is 5.03. The van der Waals surface area contributed by atoms with Crippen LogP contribution in [0.4, 0.5) is 10.5 Å². The van der Waals surface area contributed by atoms with Crippen LogP contribution < -0.4 is 4.90 Å². The van der Waals surface area contributed by atoms with Crippen molar-refractivity contribution in [3.05, 3.63) is 65.7 Å². The summed E-state index contributed by atoms with van der Waals surface area (Å²) in [5.41, 5.74) is 0.574. The number of hydrogen-bond acceptors (Lipinski definition) is 3. The van der Waals surface area contributed by atoms with Gasteiger partial charge >= 0.3 is 6.09 Å². The fraction of sp³-hybridized carbons (Fsp3) is 0.333. The second kappa shape index (κ2) is 7.16. The topological polar surface area (TPSA) is 46.6 Å². The number of anilines is 1. The van der Waals surface area contributed by atoms with Gasteiger partial charge in [-0.2, -0.15) is 0 Å². The van der Waals surface area contributed by atoms with Gasteiger partial charge in [0.25, 0.3) is 0 Å². The first-order chi connectivity index (χ1) is 13.2. The number of nitrogens with zero attached hydrogens (tertiary/aromatic N) is 1. The fourth-order valence-electron chi connectivity index (χ4n) is 3.68. The first kappa shape index (κ1) is 19.7. The summed E-state index contributed by atoms with van der Waals surface area (Å²) in [6.45, 7) is 8.97. The molecule has 2 amide bonds. The number of benzene rings is 2. The number of para-hydroxylation sites is 1. The first-order valence-electron chi connectivity index (χ1n) is 9.34. The number of hydrogen-bond donors (Lipinski definition) is 0. The van der Waals surface area contributed by atoms with Crippen LogP contribution >= 0.6 is 0 Å². The summed E-state index contributed by atoms with van der Waals surface area (Å²) in [7, 11) is 0. The van der Waals surface area contributed by atoms with Crippen molar-refractivity contribution in [3.8, 4) is 11.8 Å². The molecule has 3 rings (SSSR count). The molecule has 0 bridgehead atoms. The average molecular weight is 375 g/mol. The first-order valence-corrected chi connectivity index (χ1v) is 9.34. The monoisotopic (exact) mass is 375 g/mol. The van der Waals surface area contributed by atoms with E-state index >= 15 is 0 Å². The molecule has 144 valence electrons. The molecule has 0 unspecified atom stereocenters. The van der Waals surface area contributed by atoms with Crippen molar-refractivity contribution < 1.29 is 14.3 Å². The molecule has 1 aliphatic heterocycles. The minimum Gasteiger partial charge on any atom is -0.443 e. The second-order valence-corrected chi connectivity index (χ2v) is 8.08. The van der Waals surface area contributed by atoms with Gasteiger partial charge in [-0.25, -0.2) is 9.69 Å². The molecule has 0 spiro atoms. The van der Waals surface area contributed by atoms with Crippen LogP contribution in [0.2, 0.25) is 0 Å². The Labute approximate surface area is 166 Å². The summed E-state index contributed by atoms with van der Waals surface area (Å²) in [6, 6.07) is 17.1. The molecule has 4 nitrogen and oxygen atoms in total. The molecule has 0 fully saturated rings. The third-order valence-electron chi connectivity index (χ3n) is 4.93. The lowest BCUT2D eigenvalue weighted by Crippen LogP contribution is -2.46. The van der Waals surface area contributed by atoms with Gasteiger partial charge in [-0.15, -0.1) is 5.92 Å². The Hall–Kier alpha value is -3.06. The molecule has 0 aromatic heterocycles. The molecule has 0 N–H and O–H groups in total. The number of imide groups is 1. The molecule has 4 heteroatoms. The van der Waals surface area contributed by atoms with E-state index in [0.29, 0.717) is 5.69 Å². The van der Waals surface area contributed by atoms with Gasteiger partial charge in [0.2, 0.25) is 5.91 Å². The van der Waals surface area contributed by atoms with Gasteiger partial charge in [0.05, 0.1) is 17.0 Å². The predicted molar refractivity (Wildman–Crippen MR) is 110 cm³/mol. The summed E-state index contributed by atoms with van der Waals surface area (Å²) < 4.78 is 5.52. The lowest BCUT2D eigenvalue weighted by molar-refractivity contribution is -0.122. The minimum absolute atomic E-state index is 0.320. The minimum atomic E-state index is -1.00. The van der Waals surface area contributed by atoms with Crippen molar-refractivity contribution in [1.29, 1.82) is 0 Å². The molecule has 28 heavy (non-hydrogen) atoms. The fourth-order valence-corrected chi connectivity index (χ4v) is 3.68. The van der Waals surface area contributed by atoms with E-state index < -0.39 is 17.1 Å². The standard InChI is InChI=1S/C24H25NO3/c1-6-12-18(17-13-8-7-9-14-17)24(5)19-15-10-11-16-20(19)25(21(24)26)22(27)28-23(2,3)4/h7-11,13-16,18H,1-5H3/t18-,24-/m1/s1. The van der Waals surface area contributed by atoms with Gasteiger partial charge in [0.1, 0.15) is 5.60 Å². The van der Waals surface area contributed by atoms with E-state index in [1.807, 2.05) is 55.5 Å². The van der Waals surface area contributed by atoms with Gasteiger partial charge in [-0.3, -0.25) is 4.79 Å². The van der Waals surface area contributed by atoms with Gasteiger partial charge in [-0.1, -0.05) is 54.5 Å². The van der Waals surface area contributed by atoms with Crippen LogP contribution in [-0.4, -0.2) is 17.6 Å². The molecule has 2 aromatic carbocycles. The average Bonchev–Trinajstić information content (AvgIpc) is 2.87. The Morgan fingerprint density at radius 3 is 2.29 bits per heavy atom. The summed E-state index contributed by atoms with van der Waals surface area (Å²) in [6.07, 6.45) is -0.662. The van der Waals surface area contributed by atoms with Crippen molar-refractivity contribution in [1.82, 2.24) is 0 Å². The van der Waals surface area contributed by atoms with Gasteiger partial charge in [-0.05, 0) is 51.8 Å². The Morgan fingerprint density at radius 2 is 1.68 bits per heavy atom. The van der Waals surface area contributed by atoms with Crippen LogP contribution in [-0.2, 0) is 14.9 Å². The maximum absolute atomic E-state index is 13.7. The summed E-state index contributed by atoms with van der Waals surface area (Å²) in [5.74, 6) is 5.47. The molecule has 1 heterocycles. The highest BCUT2D eigenvalue weighted by atomic mass is 16.6. The highest BCUT2D eigenvalue weighted by Crippen LogP contribution is 2.49. The zero-order valence-corrected chi connectivity index (χ0v) is 16.9. The van der Waals surface area contributed by atoms with Crippen LogP contribution in [0.1, 0.15) is 51.7 Å². The quantitative estimate of drug-likeness (QED) is 0.692. The lowest BCUT2D eigenvalue weighted by Gasteiger charge is -2.30. The Morgan fingerprint density at radius 1 is 1.07 bits per heavy atom. The smallest absolute Gasteiger partial charge is 0.421 e. The maximum Gasteiger partial charge on any atom is 0.421 e. The summed E-state index contributed by atoms with van der Waals surface area (Å²) in [5, 5.41) is 0. The largest absolute Gasteiger partial charge is 0.443 e. The highest BCUT2D eigenvalue weighted by molar-refractivity contribution is 6.21. The molecule has 2 atom stereocenters.